The SMILES string of the molecule is COCCN1CCC[C@@H](N)C1.Cl.Cl. The number of piperidine rings is 1. The van der Waals surface area contributed by atoms with Crippen LogP contribution in [0.5, 0.6) is 0 Å². The Hall–Kier alpha value is 0.460. The second-order valence-corrected chi connectivity index (χ2v) is 3.20. The van der Waals surface area contributed by atoms with Gasteiger partial charge in [0.05, 0.1) is 6.61 Å². The zero-order valence-electron chi connectivity index (χ0n) is 8.07. The summed E-state index contributed by atoms with van der Waals surface area (Å²) in [5, 5.41) is 0. The van der Waals surface area contributed by atoms with Gasteiger partial charge in [-0.3, -0.25) is 4.90 Å². The average molecular weight is 231 g/mol. The fourth-order valence-corrected chi connectivity index (χ4v) is 1.51. The Morgan fingerprint density at radius 3 is 2.69 bits per heavy atom. The van der Waals surface area contributed by atoms with Gasteiger partial charge in [-0.25, -0.2) is 0 Å². The molecule has 0 saturated carbocycles. The van der Waals surface area contributed by atoms with Crippen LogP contribution in [0.25, 0.3) is 0 Å². The standard InChI is InChI=1S/C8H18N2O.2ClH/c1-11-6-5-10-4-2-3-8(9)7-10;;/h8H,2-7,9H2,1H3;2*1H/t8-;;/m1../s1. The van der Waals surface area contributed by atoms with E-state index in [0.29, 0.717) is 6.04 Å². The summed E-state index contributed by atoms with van der Waals surface area (Å²) >= 11 is 0. The van der Waals surface area contributed by atoms with Crippen molar-refractivity contribution < 1.29 is 4.74 Å². The molecule has 1 rings (SSSR count). The average Bonchev–Trinajstić information content (AvgIpc) is 2.01. The van der Waals surface area contributed by atoms with E-state index in [1.54, 1.807) is 7.11 Å². The van der Waals surface area contributed by atoms with Crippen molar-refractivity contribution in [3.8, 4) is 0 Å². The summed E-state index contributed by atoms with van der Waals surface area (Å²) in [6.07, 6.45) is 2.42. The quantitative estimate of drug-likeness (QED) is 0.784. The fourth-order valence-electron chi connectivity index (χ4n) is 1.51. The molecule has 3 nitrogen and oxygen atoms in total. The van der Waals surface area contributed by atoms with Crippen LogP contribution in [0.4, 0.5) is 0 Å². The second-order valence-electron chi connectivity index (χ2n) is 3.20. The third kappa shape index (κ3) is 6.52. The maximum atomic E-state index is 5.81. The molecule has 1 fully saturated rings. The number of likely N-dealkylation sites (tertiary alicyclic amines) is 1. The molecule has 1 atom stereocenters. The summed E-state index contributed by atoms with van der Waals surface area (Å²) in [6.45, 7) is 4.09. The normalized spacial score (nSPS) is 23.1. The van der Waals surface area contributed by atoms with Crippen molar-refractivity contribution in [3.05, 3.63) is 0 Å². The minimum atomic E-state index is 0. The van der Waals surface area contributed by atoms with Crippen LogP contribution in [0.15, 0.2) is 0 Å². The minimum Gasteiger partial charge on any atom is -0.383 e. The van der Waals surface area contributed by atoms with Gasteiger partial charge in [-0.15, -0.1) is 24.8 Å². The van der Waals surface area contributed by atoms with Gasteiger partial charge in [-0.2, -0.15) is 0 Å². The molecule has 2 N–H and O–H groups in total. The molecule has 0 aliphatic carbocycles. The number of rotatable bonds is 3. The van der Waals surface area contributed by atoms with Gasteiger partial charge in [-0.05, 0) is 19.4 Å². The van der Waals surface area contributed by atoms with Crippen LogP contribution >= 0.6 is 24.8 Å². The lowest BCUT2D eigenvalue weighted by Gasteiger charge is -2.30. The van der Waals surface area contributed by atoms with Gasteiger partial charge in [0.2, 0.25) is 0 Å². The van der Waals surface area contributed by atoms with Crippen molar-refractivity contribution in [3.63, 3.8) is 0 Å². The van der Waals surface area contributed by atoms with E-state index in [0.717, 1.165) is 19.7 Å². The molecule has 0 unspecified atom stereocenters. The molecule has 13 heavy (non-hydrogen) atoms. The van der Waals surface area contributed by atoms with E-state index >= 15 is 0 Å². The first-order valence-electron chi connectivity index (χ1n) is 4.30. The van der Waals surface area contributed by atoms with Gasteiger partial charge in [-0.1, -0.05) is 0 Å². The Labute approximate surface area is 92.8 Å². The molecule has 0 aromatic rings. The summed E-state index contributed by atoms with van der Waals surface area (Å²) in [6, 6.07) is 0.389. The predicted molar refractivity (Wildman–Crippen MR) is 60.0 cm³/mol. The number of hydrogen-bond acceptors (Lipinski definition) is 3. The van der Waals surface area contributed by atoms with Crippen molar-refractivity contribution in [2.75, 3.05) is 33.4 Å². The molecule has 0 aromatic heterocycles. The third-order valence-corrected chi connectivity index (χ3v) is 2.15. The summed E-state index contributed by atoms with van der Waals surface area (Å²) in [4.78, 5) is 2.37. The molecule has 0 radical (unpaired) electrons. The Balaban J connectivity index is 0. The molecule has 0 spiro atoms. The summed E-state index contributed by atoms with van der Waals surface area (Å²) in [5.74, 6) is 0. The lowest BCUT2D eigenvalue weighted by atomic mass is 10.1. The van der Waals surface area contributed by atoms with Crippen molar-refractivity contribution in [1.29, 1.82) is 0 Å². The highest BCUT2D eigenvalue weighted by molar-refractivity contribution is 5.85. The smallest absolute Gasteiger partial charge is 0.0589 e. The highest BCUT2D eigenvalue weighted by Crippen LogP contribution is 2.06. The van der Waals surface area contributed by atoms with E-state index in [-0.39, 0.29) is 24.8 Å². The Morgan fingerprint density at radius 2 is 2.15 bits per heavy atom. The molecule has 0 amide bonds. The monoisotopic (exact) mass is 230 g/mol. The Bertz CT molecular complexity index is 116. The molecule has 82 valence electrons. The minimum absolute atomic E-state index is 0. The Kier molecular flexibility index (Phi) is 11.1. The summed E-state index contributed by atoms with van der Waals surface area (Å²) < 4.78 is 5.00. The van der Waals surface area contributed by atoms with Gasteiger partial charge in [0.15, 0.2) is 0 Å². The van der Waals surface area contributed by atoms with Crippen molar-refractivity contribution in [2.24, 2.45) is 5.73 Å². The van der Waals surface area contributed by atoms with E-state index < -0.39 is 0 Å². The Morgan fingerprint density at radius 1 is 1.46 bits per heavy atom. The van der Waals surface area contributed by atoms with Gasteiger partial charge in [0.1, 0.15) is 0 Å². The van der Waals surface area contributed by atoms with Crippen LogP contribution in [0.1, 0.15) is 12.8 Å². The third-order valence-electron chi connectivity index (χ3n) is 2.15. The lowest BCUT2D eigenvalue weighted by Crippen LogP contribution is -2.43. The first-order valence-corrected chi connectivity index (χ1v) is 4.30. The number of methoxy groups -OCH3 is 1. The number of ether oxygens (including phenoxy) is 1. The van der Waals surface area contributed by atoms with Crippen LogP contribution in [-0.2, 0) is 4.74 Å². The largest absolute Gasteiger partial charge is 0.383 e. The van der Waals surface area contributed by atoms with Crippen LogP contribution < -0.4 is 5.73 Å². The van der Waals surface area contributed by atoms with Gasteiger partial charge < -0.3 is 10.5 Å². The molecule has 0 bridgehead atoms. The van der Waals surface area contributed by atoms with Crippen LogP contribution in [0.2, 0.25) is 0 Å². The van der Waals surface area contributed by atoms with E-state index in [1.165, 1.54) is 19.4 Å². The maximum absolute atomic E-state index is 5.81. The van der Waals surface area contributed by atoms with Gasteiger partial charge in [0.25, 0.3) is 0 Å². The van der Waals surface area contributed by atoms with Crippen LogP contribution in [-0.4, -0.2) is 44.3 Å². The van der Waals surface area contributed by atoms with Crippen LogP contribution in [0, 0.1) is 0 Å². The molecule has 0 aromatic carbocycles. The first-order chi connectivity index (χ1) is 5.33. The second kappa shape index (κ2) is 9.03. The van der Waals surface area contributed by atoms with Gasteiger partial charge in [0, 0.05) is 26.2 Å². The van der Waals surface area contributed by atoms with Crippen molar-refractivity contribution in [1.82, 2.24) is 4.90 Å². The van der Waals surface area contributed by atoms with Crippen LogP contribution in [0.3, 0.4) is 0 Å². The number of halogens is 2. The molecule has 1 aliphatic rings. The van der Waals surface area contributed by atoms with Crippen molar-refractivity contribution in [2.45, 2.75) is 18.9 Å². The molecular weight excluding hydrogens is 211 g/mol. The first kappa shape index (κ1) is 15.9. The van der Waals surface area contributed by atoms with E-state index in [1.807, 2.05) is 0 Å². The zero-order chi connectivity index (χ0) is 8.10. The fraction of sp³-hybridized carbons (Fsp3) is 1.00. The lowest BCUT2D eigenvalue weighted by molar-refractivity contribution is 0.129. The molecule has 1 heterocycles. The van der Waals surface area contributed by atoms with Gasteiger partial charge >= 0.3 is 0 Å². The predicted octanol–water partition coefficient (Wildman–Crippen LogP) is 0.900. The number of hydrogen-bond donors (Lipinski definition) is 1. The summed E-state index contributed by atoms with van der Waals surface area (Å²) in [5.41, 5.74) is 5.81. The molecule has 5 heteroatoms. The molecule has 1 aliphatic heterocycles. The topological polar surface area (TPSA) is 38.5 Å². The number of nitrogens with two attached hydrogens (primary N) is 1. The molecular formula is C8H20Cl2N2O. The number of nitrogens with zero attached hydrogens (tertiary/aromatic N) is 1. The van der Waals surface area contributed by atoms with E-state index in [4.69, 9.17) is 10.5 Å². The van der Waals surface area contributed by atoms with E-state index in [9.17, 15) is 0 Å². The molecule has 1 saturated heterocycles. The highest BCUT2D eigenvalue weighted by Gasteiger charge is 2.15. The van der Waals surface area contributed by atoms with E-state index in [2.05, 4.69) is 4.90 Å². The maximum Gasteiger partial charge on any atom is 0.0589 e. The van der Waals surface area contributed by atoms with Crippen molar-refractivity contribution >= 4 is 24.8 Å². The summed E-state index contributed by atoms with van der Waals surface area (Å²) in [7, 11) is 1.74. The highest BCUT2D eigenvalue weighted by atomic mass is 35.5. The zero-order valence-corrected chi connectivity index (χ0v) is 9.70.